The third-order valence-electron chi connectivity index (χ3n) is 3.25. The van der Waals surface area contributed by atoms with Crippen LogP contribution in [0.5, 0.6) is 5.75 Å². The summed E-state index contributed by atoms with van der Waals surface area (Å²) in [5.74, 6) is 1.42. The molecule has 4 aromatic rings. The Balaban J connectivity index is 1.79. The van der Waals surface area contributed by atoms with Crippen LogP contribution in [0.15, 0.2) is 34.9 Å². The number of hydrogen-bond donors (Lipinski definition) is 0. The van der Waals surface area contributed by atoms with Crippen molar-refractivity contribution in [2.75, 3.05) is 13.9 Å². The smallest absolute Gasteiger partial charge is 0.212 e. The topological polar surface area (TPSA) is 61.8 Å². The van der Waals surface area contributed by atoms with Crippen LogP contribution in [0.3, 0.4) is 0 Å². The van der Waals surface area contributed by atoms with Crippen molar-refractivity contribution in [1.29, 1.82) is 0 Å². The van der Waals surface area contributed by atoms with Crippen molar-refractivity contribution in [3.05, 3.63) is 35.5 Å². The molecule has 6 nitrogen and oxygen atoms in total. The predicted molar refractivity (Wildman–Crippen MR) is 83.3 cm³/mol. The largest absolute Gasteiger partial charge is 0.467 e. The number of methoxy groups -OCH3 is 1. The van der Waals surface area contributed by atoms with E-state index in [-0.39, 0.29) is 6.79 Å². The average molecular weight is 315 g/mol. The van der Waals surface area contributed by atoms with Crippen molar-refractivity contribution < 1.29 is 13.9 Å². The highest BCUT2D eigenvalue weighted by Gasteiger charge is 2.14. The summed E-state index contributed by atoms with van der Waals surface area (Å²) in [4.78, 5) is 5.40. The number of furan rings is 1. The number of ether oxygens (including phenoxy) is 2. The van der Waals surface area contributed by atoms with E-state index in [1.54, 1.807) is 23.0 Å². The Morgan fingerprint density at radius 1 is 1.36 bits per heavy atom. The van der Waals surface area contributed by atoms with Gasteiger partial charge in [-0.05, 0) is 25.1 Å². The first kappa shape index (κ1) is 13.3. The molecule has 0 unspecified atom stereocenters. The molecule has 112 valence electrons. The van der Waals surface area contributed by atoms with Gasteiger partial charge in [-0.1, -0.05) is 17.4 Å². The zero-order valence-corrected chi connectivity index (χ0v) is 12.9. The molecule has 3 aromatic heterocycles. The van der Waals surface area contributed by atoms with Gasteiger partial charge in [0.05, 0.1) is 11.6 Å². The van der Waals surface area contributed by atoms with Gasteiger partial charge in [-0.2, -0.15) is 5.10 Å². The molecule has 0 aliphatic rings. The lowest BCUT2D eigenvalue weighted by molar-refractivity contribution is 0.0522. The molecule has 0 saturated heterocycles. The van der Waals surface area contributed by atoms with E-state index in [4.69, 9.17) is 13.9 Å². The molecule has 0 aliphatic carbocycles. The van der Waals surface area contributed by atoms with Gasteiger partial charge in [0.25, 0.3) is 0 Å². The second-order valence-corrected chi connectivity index (χ2v) is 5.96. The molecule has 3 heterocycles. The van der Waals surface area contributed by atoms with E-state index in [2.05, 4.69) is 10.1 Å². The summed E-state index contributed by atoms with van der Waals surface area (Å²) >= 11 is 1.55. The van der Waals surface area contributed by atoms with Crippen LogP contribution < -0.4 is 4.74 Å². The lowest BCUT2D eigenvalue weighted by atomic mass is 10.2. The summed E-state index contributed by atoms with van der Waals surface area (Å²) in [5.41, 5.74) is 1.51. The summed E-state index contributed by atoms with van der Waals surface area (Å²) in [6, 6.07) is 7.60. The van der Waals surface area contributed by atoms with Crippen LogP contribution in [-0.4, -0.2) is 28.5 Å². The fraction of sp³-hybridized carbons (Fsp3) is 0.200. The van der Waals surface area contributed by atoms with Crippen molar-refractivity contribution in [2.24, 2.45) is 0 Å². The summed E-state index contributed by atoms with van der Waals surface area (Å²) in [7, 11) is 1.59. The molecule has 0 fully saturated rings. The van der Waals surface area contributed by atoms with Gasteiger partial charge >= 0.3 is 0 Å². The number of fused-ring (bicyclic) bond motifs is 2. The van der Waals surface area contributed by atoms with Crippen LogP contribution in [0.25, 0.3) is 27.4 Å². The minimum Gasteiger partial charge on any atom is -0.467 e. The minimum atomic E-state index is 0.197. The molecule has 0 bridgehead atoms. The van der Waals surface area contributed by atoms with Crippen LogP contribution in [0.2, 0.25) is 0 Å². The van der Waals surface area contributed by atoms with Gasteiger partial charge in [0.1, 0.15) is 22.0 Å². The highest BCUT2D eigenvalue weighted by Crippen LogP contribution is 2.33. The van der Waals surface area contributed by atoms with Gasteiger partial charge in [0.15, 0.2) is 12.6 Å². The quantitative estimate of drug-likeness (QED) is 0.539. The molecule has 0 N–H and O–H groups in total. The van der Waals surface area contributed by atoms with Gasteiger partial charge in [0, 0.05) is 7.11 Å². The van der Waals surface area contributed by atoms with Crippen molar-refractivity contribution in [2.45, 2.75) is 6.92 Å². The SMILES string of the molecule is COCOc1cccc2oc(-c3cn4nc(C)sc4n3)cc12. The number of aryl methyl sites for hydroxylation is 1. The Hall–Kier alpha value is -2.38. The van der Waals surface area contributed by atoms with E-state index in [0.29, 0.717) is 5.76 Å². The fourth-order valence-electron chi connectivity index (χ4n) is 2.33. The summed E-state index contributed by atoms with van der Waals surface area (Å²) in [5, 5.41) is 6.24. The summed E-state index contributed by atoms with van der Waals surface area (Å²) in [6.45, 7) is 2.16. The van der Waals surface area contributed by atoms with Crippen LogP contribution in [0.1, 0.15) is 5.01 Å². The minimum absolute atomic E-state index is 0.197. The van der Waals surface area contributed by atoms with E-state index in [1.807, 2.05) is 37.4 Å². The van der Waals surface area contributed by atoms with E-state index in [9.17, 15) is 0 Å². The van der Waals surface area contributed by atoms with Crippen LogP contribution >= 0.6 is 11.3 Å². The number of nitrogens with zero attached hydrogens (tertiary/aromatic N) is 3. The maximum atomic E-state index is 5.88. The van der Waals surface area contributed by atoms with Gasteiger partial charge in [-0.3, -0.25) is 0 Å². The number of aromatic nitrogens is 3. The number of hydrogen-bond acceptors (Lipinski definition) is 6. The standard InChI is InChI=1S/C15H13N3O3S/c1-9-17-18-7-11(16-15(18)22-9)14-6-10-12(20-8-19-2)4-3-5-13(10)21-14/h3-7H,8H2,1-2H3. The maximum Gasteiger partial charge on any atom is 0.212 e. The molecular formula is C15H13N3O3S. The first-order chi connectivity index (χ1) is 10.7. The summed E-state index contributed by atoms with van der Waals surface area (Å²) in [6.07, 6.45) is 1.87. The molecule has 7 heteroatoms. The van der Waals surface area contributed by atoms with Crippen molar-refractivity contribution in [3.63, 3.8) is 0 Å². The van der Waals surface area contributed by atoms with Crippen LogP contribution in [0, 0.1) is 6.92 Å². The zero-order chi connectivity index (χ0) is 15.1. The first-order valence-electron chi connectivity index (χ1n) is 6.72. The molecule has 0 atom stereocenters. The molecule has 0 radical (unpaired) electrons. The molecule has 4 rings (SSSR count). The number of benzene rings is 1. The van der Waals surface area contributed by atoms with E-state index in [0.717, 1.165) is 32.4 Å². The van der Waals surface area contributed by atoms with Gasteiger partial charge in [0.2, 0.25) is 4.96 Å². The van der Waals surface area contributed by atoms with Crippen LogP contribution in [-0.2, 0) is 4.74 Å². The lowest BCUT2D eigenvalue weighted by Gasteiger charge is -2.04. The van der Waals surface area contributed by atoms with Crippen LogP contribution in [0.4, 0.5) is 0 Å². The Bertz CT molecular complexity index is 922. The second kappa shape index (κ2) is 5.11. The molecule has 1 aromatic carbocycles. The van der Waals surface area contributed by atoms with E-state index < -0.39 is 0 Å². The Morgan fingerprint density at radius 2 is 2.27 bits per heavy atom. The predicted octanol–water partition coefficient (Wildman–Crippen LogP) is 3.50. The molecule has 0 amide bonds. The third kappa shape index (κ3) is 2.15. The third-order valence-corrected chi connectivity index (χ3v) is 4.09. The van der Waals surface area contributed by atoms with Crippen molar-refractivity contribution >= 4 is 27.3 Å². The van der Waals surface area contributed by atoms with Crippen molar-refractivity contribution in [1.82, 2.24) is 14.6 Å². The fourth-order valence-corrected chi connectivity index (χ4v) is 3.05. The average Bonchev–Trinajstić information content (AvgIpc) is 3.16. The molecule has 0 saturated carbocycles. The van der Waals surface area contributed by atoms with Gasteiger partial charge < -0.3 is 13.9 Å². The zero-order valence-electron chi connectivity index (χ0n) is 12.1. The van der Waals surface area contributed by atoms with E-state index >= 15 is 0 Å². The Labute approximate surface area is 129 Å². The van der Waals surface area contributed by atoms with Crippen molar-refractivity contribution in [3.8, 4) is 17.2 Å². The molecule has 0 aliphatic heterocycles. The Morgan fingerprint density at radius 3 is 3.09 bits per heavy atom. The van der Waals surface area contributed by atoms with Gasteiger partial charge in [-0.15, -0.1) is 0 Å². The lowest BCUT2D eigenvalue weighted by Crippen LogP contribution is -1.98. The normalized spacial score (nSPS) is 11.5. The highest BCUT2D eigenvalue weighted by atomic mass is 32.1. The summed E-state index contributed by atoms with van der Waals surface area (Å²) < 4.78 is 18.2. The van der Waals surface area contributed by atoms with E-state index in [1.165, 1.54) is 0 Å². The second-order valence-electron chi connectivity index (χ2n) is 4.80. The highest BCUT2D eigenvalue weighted by molar-refractivity contribution is 7.16. The monoisotopic (exact) mass is 315 g/mol. The molecule has 22 heavy (non-hydrogen) atoms. The van der Waals surface area contributed by atoms with Gasteiger partial charge in [-0.25, -0.2) is 9.50 Å². The number of rotatable bonds is 4. The first-order valence-corrected chi connectivity index (χ1v) is 7.54. The molecular weight excluding hydrogens is 302 g/mol. The maximum absolute atomic E-state index is 5.88. The molecule has 0 spiro atoms. The number of imidazole rings is 1. The Kier molecular flexibility index (Phi) is 3.09.